The van der Waals surface area contributed by atoms with E-state index in [0.29, 0.717) is 18.3 Å². The average molecular weight is 384 g/mol. The highest BCUT2D eigenvalue weighted by molar-refractivity contribution is 5.99. The molecule has 28 heavy (non-hydrogen) atoms. The fourth-order valence-corrected chi connectivity index (χ4v) is 4.14. The maximum atomic E-state index is 13.3. The predicted octanol–water partition coefficient (Wildman–Crippen LogP) is 5.49. The number of hydrogen-bond acceptors (Lipinski definition) is 2. The molecule has 2 aromatic carbocycles. The van der Waals surface area contributed by atoms with Crippen molar-refractivity contribution in [3.8, 4) is 0 Å². The lowest BCUT2D eigenvalue weighted by molar-refractivity contribution is 0.256. The number of carbonyl (C=O) groups excluding carboxylic acids is 1. The van der Waals surface area contributed by atoms with Gasteiger partial charge in [-0.1, -0.05) is 50.3 Å². The van der Waals surface area contributed by atoms with Gasteiger partial charge in [0, 0.05) is 12.6 Å². The number of urea groups is 1. The van der Waals surface area contributed by atoms with Gasteiger partial charge < -0.3 is 11.1 Å². The van der Waals surface area contributed by atoms with Gasteiger partial charge in [-0.3, -0.25) is 4.90 Å². The van der Waals surface area contributed by atoms with E-state index in [2.05, 4.69) is 12.2 Å². The van der Waals surface area contributed by atoms with E-state index in [0.717, 1.165) is 17.2 Å². The summed E-state index contributed by atoms with van der Waals surface area (Å²) in [6.07, 6.45) is 7.93. The number of primary amides is 1. The Balaban J connectivity index is 1.72. The third kappa shape index (κ3) is 5.32. The zero-order chi connectivity index (χ0) is 19.9. The maximum absolute atomic E-state index is 13.3. The third-order valence-electron chi connectivity index (χ3n) is 5.59. The highest BCUT2D eigenvalue weighted by atomic mass is 19.1. The van der Waals surface area contributed by atoms with Crippen molar-refractivity contribution in [2.75, 3.05) is 4.90 Å². The second-order valence-electron chi connectivity index (χ2n) is 7.80. The molecule has 1 aliphatic rings. The molecule has 0 saturated heterocycles. The monoisotopic (exact) mass is 383 g/mol. The van der Waals surface area contributed by atoms with Gasteiger partial charge >= 0.3 is 6.03 Å². The van der Waals surface area contributed by atoms with Gasteiger partial charge in [-0.2, -0.15) is 0 Å². The van der Waals surface area contributed by atoms with Gasteiger partial charge in [-0.05, 0) is 55.2 Å². The van der Waals surface area contributed by atoms with Crippen LogP contribution >= 0.6 is 0 Å². The van der Waals surface area contributed by atoms with Gasteiger partial charge in [0.1, 0.15) is 5.82 Å². The molecular weight excluding hydrogens is 353 g/mol. The van der Waals surface area contributed by atoms with Crippen LogP contribution in [0.3, 0.4) is 0 Å². The molecule has 0 bridgehead atoms. The van der Waals surface area contributed by atoms with Gasteiger partial charge in [0.25, 0.3) is 0 Å². The second kappa shape index (κ2) is 9.69. The Labute approximate surface area is 166 Å². The van der Waals surface area contributed by atoms with Gasteiger partial charge in [0.2, 0.25) is 0 Å². The number of amides is 2. The molecule has 0 radical (unpaired) electrons. The molecule has 2 amide bonds. The first-order chi connectivity index (χ1) is 13.5. The average Bonchev–Trinajstić information content (AvgIpc) is 2.69. The molecule has 0 spiro atoms. The van der Waals surface area contributed by atoms with Crippen LogP contribution in [-0.2, 0) is 6.54 Å². The van der Waals surface area contributed by atoms with E-state index in [-0.39, 0.29) is 5.82 Å². The minimum absolute atomic E-state index is 0.348. The van der Waals surface area contributed by atoms with Crippen LogP contribution in [0, 0.1) is 11.7 Å². The predicted molar refractivity (Wildman–Crippen MR) is 112 cm³/mol. The van der Waals surface area contributed by atoms with Gasteiger partial charge in [0.15, 0.2) is 0 Å². The molecule has 3 N–H and O–H groups in total. The third-order valence-corrected chi connectivity index (χ3v) is 5.59. The second-order valence-corrected chi connectivity index (χ2v) is 7.80. The van der Waals surface area contributed by atoms with E-state index in [1.165, 1.54) is 55.6 Å². The van der Waals surface area contributed by atoms with Crippen LogP contribution in [0.1, 0.15) is 51.0 Å². The van der Waals surface area contributed by atoms with E-state index >= 15 is 0 Å². The standard InChI is InChI=1S/C23H30FN3O/c1-17(15-18-7-3-2-4-8-18)26-16-19-9-5-6-10-22(19)27(23(25)28)21-13-11-20(24)12-14-21/h5-6,9-14,17-18,26H,2-4,7-8,15-16H2,1H3,(H2,25,28). The van der Waals surface area contributed by atoms with Crippen molar-refractivity contribution in [1.29, 1.82) is 0 Å². The van der Waals surface area contributed by atoms with E-state index in [1.54, 1.807) is 12.1 Å². The summed E-state index contributed by atoms with van der Waals surface area (Å²) in [6, 6.07) is 13.3. The molecule has 0 aliphatic heterocycles. The Morgan fingerprint density at radius 1 is 1.14 bits per heavy atom. The largest absolute Gasteiger partial charge is 0.351 e. The van der Waals surface area contributed by atoms with Crippen LogP contribution < -0.4 is 16.0 Å². The van der Waals surface area contributed by atoms with Crippen molar-refractivity contribution < 1.29 is 9.18 Å². The van der Waals surface area contributed by atoms with E-state index in [1.807, 2.05) is 24.3 Å². The lowest BCUT2D eigenvalue weighted by Crippen LogP contribution is -2.33. The Hall–Kier alpha value is -2.40. The van der Waals surface area contributed by atoms with Crippen molar-refractivity contribution in [1.82, 2.24) is 5.32 Å². The summed E-state index contributed by atoms with van der Waals surface area (Å²) < 4.78 is 13.3. The number of benzene rings is 2. The molecule has 0 aromatic heterocycles. The molecule has 1 fully saturated rings. The summed E-state index contributed by atoms with van der Waals surface area (Å²) in [4.78, 5) is 13.6. The number of nitrogens with two attached hydrogens (primary N) is 1. The van der Waals surface area contributed by atoms with Crippen LogP contribution in [0.5, 0.6) is 0 Å². The number of hydrogen-bond donors (Lipinski definition) is 2. The summed E-state index contributed by atoms with van der Waals surface area (Å²) in [6.45, 7) is 2.87. The van der Waals surface area contributed by atoms with Crippen LogP contribution in [0.2, 0.25) is 0 Å². The summed E-state index contributed by atoms with van der Waals surface area (Å²) in [7, 11) is 0. The molecule has 150 valence electrons. The molecule has 1 saturated carbocycles. The number of nitrogens with one attached hydrogen (secondary N) is 1. The molecule has 3 rings (SSSR count). The SMILES string of the molecule is CC(CC1CCCCC1)NCc1ccccc1N(C(N)=O)c1ccc(F)cc1. The zero-order valence-electron chi connectivity index (χ0n) is 16.5. The maximum Gasteiger partial charge on any atom is 0.323 e. The van der Waals surface area contributed by atoms with Crippen molar-refractivity contribution in [3.63, 3.8) is 0 Å². The van der Waals surface area contributed by atoms with Crippen LogP contribution in [0.15, 0.2) is 48.5 Å². The molecule has 1 atom stereocenters. The van der Waals surface area contributed by atoms with Crippen molar-refractivity contribution in [3.05, 3.63) is 59.9 Å². The number of para-hydroxylation sites is 1. The normalized spacial score (nSPS) is 15.9. The first-order valence-corrected chi connectivity index (χ1v) is 10.2. The van der Waals surface area contributed by atoms with Gasteiger partial charge in [-0.25, -0.2) is 9.18 Å². The van der Waals surface area contributed by atoms with Crippen molar-refractivity contribution in [2.45, 2.75) is 58.0 Å². The summed E-state index contributed by atoms with van der Waals surface area (Å²) in [5.41, 5.74) is 7.92. The first kappa shape index (κ1) is 20.3. The Bertz CT molecular complexity index is 772. The minimum atomic E-state index is -0.589. The summed E-state index contributed by atoms with van der Waals surface area (Å²) in [5, 5.41) is 3.60. The van der Waals surface area contributed by atoms with Gasteiger partial charge in [-0.15, -0.1) is 0 Å². The smallest absolute Gasteiger partial charge is 0.323 e. The molecular formula is C23H30FN3O. The van der Waals surface area contributed by atoms with Crippen molar-refractivity contribution >= 4 is 17.4 Å². The van der Waals surface area contributed by atoms with E-state index in [4.69, 9.17) is 5.73 Å². The fraction of sp³-hybridized carbons (Fsp3) is 0.435. The highest BCUT2D eigenvalue weighted by Gasteiger charge is 2.20. The molecule has 2 aromatic rings. The molecule has 1 unspecified atom stereocenters. The highest BCUT2D eigenvalue weighted by Crippen LogP contribution is 2.30. The zero-order valence-corrected chi connectivity index (χ0v) is 16.5. The van der Waals surface area contributed by atoms with Crippen LogP contribution in [0.25, 0.3) is 0 Å². The summed E-state index contributed by atoms with van der Waals surface area (Å²) in [5.74, 6) is 0.465. The van der Waals surface area contributed by atoms with Crippen molar-refractivity contribution in [2.24, 2.45) is 11.7 Å². The lowest BCUT2D eigenvalue weighted by atomic mass is 9.85. The van der Waals surface area contributed by atoms with Gasteiger partial charge in [0.05, 0.1) is 11.4 Å². The van der Waals surface area contributed by atoms with E-state index < -0.39 is 6.03 Å². The van der Waals surface area contributed by atoms with Crippen LogP contribution in [-0.4, -0.2) is 12.1 Å². The van der Waals surface area contributed by atoms with E-state index in [9.17, 15) is 9.18 Å². The molecule has 0 heterocycles. The lowest BCUT2D eigenvalue weighted by Gasteiger charge is -2.27. The Morgan fingerprint density at radius 3 is 2.50 bits per heavy atom. The fourth-order valence-electron chi connectivity index (χ4n) is 4.14. The number of carbonyl (C=O) groups is 1. The number of anilines is 2. The Kier molecular flexibility index (Phi) is 7.04. The molecule has 4 nitrogen and oxygen atoms in total. The topological polar surface area (TPSA) is 58.4 Å². The molecule has 5 heteroatoms. The number of halogens is 1. The number of rotatable bonds is 7. The summed E-state index contributed by atoms with van der Waals surface area (Å²) >= 11 is 0. The Morgan fingerprint density at radius 2 is 1.82 bits per heavy atom. The van der Waals surface area contributed by atoms with Crippen LogP contribution in [0.4, 0.5) is 20.6 Å². The number of nitrogens with zero attached hydrogens (tertiary/aromatic N) is 1. The quantitative estimate of drug-likeness (QED) is 0.664. The first-order valence-electron chi connectivity index (χ1n) is 10.2. The minimum Gasteiger partial charge on any atom is -0.351 e. The molecule has 1 aliphatic carbocycles.